The quantitative estimate of drug-likeness (QED) is 0.768. The Morgan fingerprint density at radius 1 is 1.56 bits per heavy atom. The van der Waals surface area contributed by atoms with Crippen molar-refractivity contribution in [2.45, 2.75) is 19.8 Å². The normalized spacial score (nSPS) is 10.6. The van der Waals surface area contributed by atoms with Gasteiger partial charge in [-0.3, -0.25) is 4.79 Å². The van der Waals surface area contributed by atoms with E-state index in [1.165, 1.54) is 0 Å². The maximum atomic E-state index is 11.2. The zero-order valence-corrected chi connectivity index (χ0v) is 9.17. The van der Waals surface area contributed by atoms with Gasteiger partial charge in [0.25, 0.3) is 0 Å². The van der Waals surface area contributed by atoms with E-state index in [1.807, 2.05) is 7.05 Å². The number of hydrogen-bond donors (Lipinski definition) is 0. The number of Topliss-reactive ketones (excluding diaryl/α,β-unsaturated/α-hetero) is 1. The lowest BCUT2D eigenvalue weighted by Gasteiger charge is -1.92. The maximum absolute atomic E-state index is 11.2. The molecular weight excluding hydrogens is 208 g/mol. The molecule has 16 heavy (non-hydrogen) atoms. The fourth-order valence-corrected chi connectivity index (χ4v) is 1.29. The number of carbonyl (C=O) groups is 1. The van der Waals surface area contributed by atoms with Crippen molar-refractivity contribution < 1.29 is 9.32 Å². The van der Waals surface area contributed by atoms with Crippen molar-refractivity contribution in [2.75, 3.05) is 0 Å². The third-order valence-electron chi connectivity index (χ3n) is 2.23. The monoisotopic (exact) mass is 220 g/mol. The zero-order chi connectivity index (χ0) is 11.5. The van der Waals surface area contributed by atoms with Crippen molar-refractivity contribution >= 4 is 5.78 Å². The number of hydrogen-bond acceptors (Lipinski definition) is 5. The van der Waals surface area contributed by atoms with Gasteiger partial charge < -0.3 is 9.09 Å². The summed E-state index contributed by atoms with van der Waals surface area (Å²) in [5.41, 5.74) is 0. The molecule has 2 aromatic heterocycles. The molecule has 6 heteroatoms. The van der Waals surface area contributed by atoms with E-state index in [1.54, 1.807) is 23.9 Å². The molecule has 0 saturated heterocycles. The molecule has 6 nitrogen and oxygen atoms in total. The Labute approximate surface area is 92.3 Å². The summed E-state index contributed by atoms with van der Waals surface area (Å²) in [6.07, 6.45) is 4.11. The molecule has 0 saturated carbocycles. The van der Waals surface area contributed by atoms with Crippen molar-refractivity contribution in [1.29, 1.82) is 0 Å². The Bertz CT molecular complexity index is 500. The highest BCUT2D eigenvalue weighted by atomic mass is 16.5. The maximum Gasteiger partial charge on any atom is 0.238 e. The molecule has 84 valence electrons. The second-order valence-corrected chi connectivity index (χ2v) is 3.44. The van der Waals surface area contributed by atoms with Crippen LogP contribution in [0.15, 0.2) is 16.9 Å². The first-order valence-electron chi connectivity index (χ1n) is 5.02. The molecule has 0 radical (unpaired) electrons. The summed E-state index contributed by atoms with van der Waals surface area (Å²) >= 11 is 0. The van der Waals surface area contributed by atoms with Gasteiger partial charge in [0, 0.05) is 25.9 Å². The molecule has 0 aliphatic carbocycles. The van der Waals surface area contributed by atoms with Crippen molar-refractivity contribution in [1.82, 2.24) is 19.7 Å². The molecule has 0 unspecified atom stereocenters. The Morgan fingerprint density at radius 2 is 2.38 bits per heavy atom. The van der Waals surface area contributed by atoms with Crippen LogP contribution in [0.2, 0.25) is 0 Å². The van der Waals surface area contributed by atoms with Crippen LogP contribution in [0.3, 0.4) is 0 Å². The lowest BCUT2D eigenvalue weighted by Crippen LogP contribution is -2.00. The van der Waals surface area contributed by atoms with E-state index in [-0.39, 0.29) is 12.2 Å². The van der Waals surface area contributed by atoms with E-state index >= 15 is 0 Å². The van der Waals surface area contributed by atoms with Gasteiger partial charge in [0.05, 0.1) is 6.42 Å². The molecule has 0 aliphatic heterocycles. The van der Waals surface area contributed by atoms with Crippen LogP contribution in [0, 0.1) is 0 Å². The summed E-state index contributed by atoms with van der Waals surface area (Å²) in [5.74, 6) is 1.45. The minimum Gasteiger partial charge on any atom is -0.338 e. The number of rotatable bonds is 4. The minimum absolute atomic E-state index is 0.0787. The number of ketones is 1. The Kier molecular flexibility index (Phi) is 2.80. The van der Waals surface area contributed by atoms with Crippen LogP contribution in [0.1, 0.15) is 19.2 Å². The van der Waals surface area contributed by atoms with Crippen LogP contribution in [0.25, 0.3) is 11.6 Å². The molecule has 2 rings (SSSR count). The van der Waals surface area contributed by atoms with Gasteiger partial charge >= 0.3 is 0 Å². The van der Waals surface area contributed by atoms with Gasteiger partial charge in [-0.15, -0.1) is 0 Å². The molecule has 0 amide bonds. The van der Waals surface area contributed by atoms with Crippen LogP contribution < -0.4 is 0 Å². The fourth-order valence-electron chi connectivity index (χ4n) is 1.29. The van der Waals surface area contributed by atoms with E-state index in [4.69, 9.17) is 4.52 Å². The highest BCUT2D eigenvalue weighted by Crippen LogP contribution is 2.12. The van der Waals surface area contributed by atoms with E-state index < -0.39 is 0 Å². The molecular formula is C10H12N4O2. The highest BCUT2D eigenvalue weighted by Gasteiger charge is 2.13. The van der Waals surface area contributed by atoms with Crippen LogP contribution in [0.4, 0.5) is 0 Å². The van der Waals surface area contributed by atoms with Crippen molar-refractivity contribution in [3.05, 3.63) is 18.3 Å². The number of aromatic nitrogens is 4. The largest absolute Gasteiger partial charge is 0.338 e. The summed E-state index contributed by atoms with van der Waals surface area (Å²) in [4.78, 5) is 19.4. The average molecular weight is 220 g/mol. The van der Waals surface area contributed by atoms with Gasteiger partial charge in [-0.05, 0) is 0 Å². The second kappa shape index (κ2) is 4.26. The number of aryl methyl sites for hydroxylation is 1. The van der Waals surface area contributed by atoms with Crippen LogP contribution in [0.5, 0.6) is 0 Å². The summed E-state index contributed by atoms with van der Waals surface area (Å²) in [5, 5.41) is 3.79. The van der Waals surface area contributed by atoms with Crippen LogP contribution in [-0.2, 0) is 18.3 Å². The van der Waals surface area contributed by atoms with E-state index in [9.17, 15) is 4.79 Å². The lowest BCUT2D eigenvalue weighted by atomic mass is 10.2. The predicted octanol–water partition coefficient (Wildman–Crippen LogP) is 0.992. The van der Waals surface area contributed by atoms with Gasteiger partial charge in [-0.25, -0.2) is 4.98 Å². The van der Waals surface area contributed by atoms with Gasteiger partial charge in [-0.1, -0.05) is 12.1 Å². The zero-order valence-electron chi connectivity index (χ0n) is 9.17. The molecule has 0 aliphatic rings. The summed E-state index contributed by atoms with van der Waals surface area (Å²) < 4.78 is 6.77. The van der Waals surface area contributed by atoms with E-state index in [2.05, 4.69) is 15.1 Å². The van der Waals surface area contributed by atoms with Crippen LogP contribution >= 0.6 is 0 Å². The Balaban J connectivity index is 2.20. The Hall–Kier alpha value is -1.98. The highest BCUT2D eigenvalue weighted by molar-refractivity contribution is 5.79. The molecule has 2 heterocycles. The fraction of sp³-hybridized carbons (Fsp3) is 0.400. The molecule has 0 fully saturated rings. The molecule has 0 atom stereocenters. The van der Waals surface area contributed by atoms with Crippen molar-refractivity contribution in [3.8, 4) is 11.6 Å². The summed E-state index contributed by atoms with van der Waals surface area (Å²) in [7, 11) is 1.84. The molecule has 0 N–H and O–H groups in total. The van der Waals surface area contributed by atoms with Crippen LogP contribution in [-0.4, -0.2) is 25.5 Å². The molecule has 2 aromatic rings. The van der Waals surface area contributed by atoms with E-state index in [0.29, 0.717) is 24.0 Å². The van der Waals surface area contributed by atoms with Gasteiger partial charge in [0.2, 0.25) is 11.7 Å². The SMILES string of the molecule is CCC(=O)Cc1nc(-c2nccn2C)no1. The predicted molar refractivity (Wildman–Crippen MR) is 55.5 cm³/mol. The summed E-state index contributed by atoms with van der Waals surface area (Å²) in [6.45, 7) is 1.80. The Morgan fingerprint density at radius 3 is 3.00 bits per heavy atom. The van der Waals surface area contributed by atoms with Crippen molar-refractivity contribution in [2.24, 2.45) is 7.05 Å². The van der Waals surface area contributed by atoms with Gasteiger partial charge in [0.1, 0.15) is 5.78 Å². The molecule has 0 bridgehead atoms. The van der Waals surface area contributed by atoms with Gasteiger partial charge in [-0.2, -0.15) is 4.98 Å². The third-order valence-corrected chi connectivity index (χ3v) is 2.23. The van der Waals surface area contributed by atoms with Crippen molar-refractivity contribution in [3.63, 3.8) is 0 Å². The third kappa shape index (κ3) is 2.00. The smallest absolute Gasteiger partial charge is 0.238 e. The first-order chi connectivity index (χ1) is 7.70. The second-order valence-electron chi connectivity index (χ2n) is 3.44. The number of nitrogens with zero attached hydrogens (tertiary/aromatic N) is 4. The lowest BCUT2D eigenvalue weighted by molar-refractivity contribution is -0.118. The van der Waals surface area contributed by atoms with E-state index in [0.717, 1.165) is 0 Å². The molecule has 0 aromatic carbocycles. The number of carbonyl (C=O) groups excluding carboxylic acids is 1. The molecule has 0 spiro atoms. The minimum atomic E-state index is 0.0787. The number of imidazole rings is 1. The first-order valence-corrected chi connectivity index (χ1v) is 5.02. The topological polar surface area (TPSA) is 73.8 Å². The van der Waals surface area contributed by atoms with Gasteiger partial charge in [0.15, 0.2) is 5.82 Å². The average Bonchev–Trinajstić information content (AvgIpc) is 2.86. The first kappa shape index (κ1) is 10.5. The standard InChI is InChI=1S/C10H12N4O2/c1-3-7(15)6-8-12-9(13-16-8)10-11-4-5-14(10)2/h4-5H,3,6H2,1-2H3. The summed E-state index contributed by atoms with van der Waals surface area (Å²) in [6, 6.07) is 0.